The van der Waals surface area contributed by atoms with Crippen molar-refractivity contribution in [3.8, 4) is 0 Å². The van der Waals surface area contributed by atoms with Gasteiger partial charge in [0.05, 0.1) is 11.8 Å². The van der Waals surface area contributed by atoms with Crippen LogP contribution in [0.5, 0.6) is 0 Å². The zero-order chi connectivity index (χ0) is 14.4. The highest BCUT2D eigenvalue weighted by atomic mass is 16.1. The highest BCUT2D eigenvalue weighted by Gasteiger charge is 2.11. The molecule has 0 saturated carbocycles. The van der Waals surface area contributed by atoms with Gasteiger partial charge in [0.25, 0.3) is 5.91 Å². The predicted molar refractivity (Wildman–Crippen MR) is 79.7 cm³/mol. The molecule has 5 nitrogen and oxygen atoms in total. The minimum atomic E-state index is -0.0789. The molecule has 0 radical (unpaired) electrons. The molecule has 0 unspecified atom stereocenters. The molecule has 1 amide bonds. The van der Waals surface area contributed by atoms with Crippen molar-refractivity contribution in [2.45, 2.75) is 26.8 Å². The van der Waals surface area contributed by atoms with Crippen molar-refractivity contribution < 1.29 is 4.79 Å². The van der Waals surface area contributed by atoms with Gasteiger partial charge in [0, 0.05) is 30.5 Å². The second-order valence-electron chi connectivity index (χ2n) is 4.77. The number of anilines is 1. The monoisotopic (exact) mass is 272 g/mol. The lowest BCUT2D eigenvalue weighted by Crippen LogP contribution is -2.24. The van der Waals surface area contributed by atoms with Crippen molar-refractivity contribution in [2.75, 3.05) is 11.9 Å². The van der Waals surface area contributed by atoms with E-state index in [1.54, 1.807) is 12.4 Å². The van der Waals surface area contributed by atoms with Gasteiger partial charge in [-0.15, -0.1) is 0 Å². The zero-order valence-corrected chi connectivity index (χ0v) is 11.9. The molecule has 2 aromatic rings. The van der Waals surface area contributed by atoms with Crippen LogP contribution >= 0.6 is 0 Å². The Balaban J connectivity index is 2.07. The van der Waals surface area contributed by atoms with Crippen molar-refractivity contribution in [2.24, 2.45) is 0 Å². The zero-order valence-electron chi connectivity index (χ0n) is 11.9. The quantitative estimate of drug-likeness (QED) is 0.756. The van der Waals surface area contributed by atoms with E-state index in [4.69, 9.17) is 0 Å². The molecule has 0 atom stereocenters. The van der Waals surface area contributed by atoms with E-state index >= 15 is 0 Å². The van der Waals surface area contributed by atoms with Crippen LogP contribution in [0.1, 0.15) is 34.8 Å². The topological polar surface area (TPSA) is 69.8 Å². The maximum Gasteiger partial charge on any atom is 0.253 e. The second kappa shape index (κ2) is 6.75. The average molecular weight is 272 g/mol. The normalized spacial score (nSPS) is 10.3. The molecule has 1 heterocycles. The Morgan fingerprint density at radius 2 is 2.25 bits per heavy atom. The Bertz CT molecular complexity index is 563. The number of nitrogens with zero attached hydrogens (tertiary/aromatic N) is 1. The molecule has 1 aromatic carbocycles. The summed E-state index contributed by atoms with van der Waals surface area (Å²) in [6.45, 7) is 5.44. The lowest BCUT2D eigenvalue weighted by molar-refractivity contribution is 0.0951. The lowest BCUT2D eigenvalue weighted by atomic mass is 10.1. The summed E-state index contributed by atoms with van der Waals surface area (Å²) in [5.74, 6) is -0.0789. The SMILES string of the molecule is CCCNc1cc(C)ccc1C(=O)NCc1cn[nH]c1. The minimum absolute atomic E-state index is 0.0789. The first-order chi connectivity index (χ1) is 9.70. The maximum atomic E-state index is 12.3. The first-order valence-corrected chi connectivity index (χ1v) is 6.81. The third kappa shape index (κ3) is 3.60. The number of aromatic amines is 1. The van der Waals surface area contributed by atoms with Gasteiger partial charge >= 0.3 is 0 Å². The number of benzene rings is 1. The molecule has 0 aliphatic rings. The number of rotatable bonds is 6. The third-order valence-corrected chi connectivity index (χ3v) is 2.99. The van der Waals surface area contributed by atoms with Gasteiger partial charge in [-0.05, 0) is 31.0 Å². The molecule has 2 rings (SSSR count). The van der Waals surface area contributed by atoms with Gasteiger partial charge in [0.1, 0.15) is 0 Å². The largest absolute Gasteiger partial charge is 0.384 e. The van der Waals surface area contributed by atoms with E-state index in [0.29, 0.717) is 12.1 Å². The Morgan fingerprint density at radius 3 is 2.95 bits per heavy atom. The van der Waals surface area contributed by atoms with Gasteiger partial charge in [-0.25, -0.2) is 0 Å². The van der Waals surface area contributed by atoms with E-state index in [-0.39, 0.29) is 5.91 Å². The molecule has 5 heteroatoms. The fourth-order valence-electron chi connectivity index (χ4n) is 1.91. The molecule has 0 fully saturated rings. The number of H-pyrrole nitrogens is 1. The van der Waals surface area contributed by atoms with Crippen LogP contribution in [0.25, 0.3) is 0 Å². The lowest BCUT2D eigenvalue weighted by Gasteiger charge is -2.12. The summed E-state index contributed by atoms with van der Waals surface area (Å²) in [5, 5.41) is 12.8. The average Bonchev–Trinajstić information content (AvgIpc) is 2.96. The minimum Gasteiger partial charge on any atom is -0.384 e. The molecular weight excluding hydrogens is 252 g/mol. The maximum absolute atomic E-state index is 12.3. The molecule has 106 valence electrons. The van der Waals surface area contributed by atoms with Crippen molar-refractivity contribution in [3.05, 3.63) is 47.3 Å². The van der Waals surface area contributed by atoms with Crippen LogP contribution in [-0.4, -0.2) is 22.6 Å². The summed E-state index contributed by atoms with van der Waals surface area (Å²) in [4.78, 5) is 12.3. The molecule has 3 N–H and O–H groups in total. The number of carbonyl (C=O) groups excluding carboxylic acids is 1. The van der Waals surface area contributed by atoms with Gasteiger partial charge in [0.2, 0.25) is 0 Å². The van der Waals surface area contributed by atoms with Gasteiger partial charge in [-0.1, -0.05) is 13.0 Å². The molecular formula is C15H20N4O. The number of hydrogen-bond acceptors (Lipinski definition) is 3. The van der Waals surface area contributed by atoms with Gasteiger partial charge in [0.15, 0.2) is 0 Å². The summed E-state index contributed by atoms with van der Waals surface area (Å²) in [7, 11) is 0. The number of nitrogens with one attached hydrogen (secondary N) is 3. The van der Waals surface area contributed by atoms with Crippen molar-refractivity contribution in [1.29, 1.82) is 0 Å². The van der Waals surface area contributed by atoms with E-state index in [2.05, 4.69) is 27.8 Å². The summed E-state index contributed by atoms with van der Waals surface area (Å²) >= 11 is 0. The highest BCUT2D eigenvalue weighted by molar-refractivity contribution is 5.99. The fraction of sp³-hybridized carbons (Fsp3) is 0.333. The molecule has 1 aromatic heterocycles. The number of carbonyl (C=O) groups is 1. The Hall–Kier alpha value is -2.30. The Kier molecular flexibility index (Phi) is 4.76. The third-order valence-electron chi connectivity index (χ3n) is 2.99. The molecule has 20 heavy (non-hydrogen) atoms. The van der Waals surface area contributed by atoms with Crippen LogP contribution in [0.15, 0.2) is 30.6 Å². The fourth-order valence-corrected chi connectivity index (χ4v) is 1.91. The summed E-state index contributed by atoms with van der Waals surface area (Å²) in [6.07, 6.45) is 4.49. The van der Waals surface area contributed by atoms with Crippen LogP contribution < -0.4 is 10.6 Å². The summed E-state index contributed by atoms with van der Waals surface area (Å²) in [5.41, 5.74) is 3.65. The molecule has 0 bridgehead atoms. The van der Waals surface area contributed by atoms with Gasteiger partial charge in [-0.3, -0.25) is 9.89 Å². The van der Waals surface area contributed by atoms with Crippen LogP contribution in [-0.2, 0) is 6.54 Å². The number of amides is 1. The van der Waals surface area contributed by atoms with Gasteiger partial charge in [-0.2, -0.15) is 5.10 Å². The van der Waals surface area contributed by atoms with Crippen LogP contribution in [0.2, 0.25) is 0 Å². The first kappa shape index (κ1) is 14.1. The van der Waals surface area contributed by atoms with E-state index < -0.39 is 0 Å². The van der Waals surface area contributed by atoms with E-state index in [0.717, 1.165) is 29.8 Å². The number of aryl methyl sites for hydroxylation is 1. The molecule has 0 aliphatic heterocycles. The van der Waals surface area contributed by atoms with Crippen LogP contribution in [0.3, 0.4) is 0 Å². The summed E-state index contributed by atoms with van der Waals surface area (Å²) in [6, 6.07) is 5.81. The summed E-state index contributed by atoms with van der Waals surface area (Å²) < 4.78 is 0. The predicted octanol–water partition coefficient (Wildman–Crippen LogP) is 2.47. The van der Waals surface area contributed by atoms with Crippen LogP contribution in [0, 0.1) is 6.92 Å². The Labute approximate surface area is 118 Å². The molecule has 0 saturated heterocycles. The molecule has 0 aliphatic carbocycles. The van der Waals surface area contributed by atoms with Crippen LogP contribution in [0.4, 0.5) is 5.69 Å². The van der Waals surface area contributed by atoms with Crippen molar-refractivity contribution >= 4 is 11.6 Å². The number of aromatic nitrogens is 2. The van der Waals surface area contributed by atoms with Gasteiger partial charge < -0.3 is 10.6 Å². The second-order valence-corrected chi connectivity index (χ2v) is 4.77. The smallest absolute Gasteiger partial charge is 0.253 e. The van der Waals surface area contributed by atoms with Crippen molar-refractivity contribution in [3.63, 3.8) is 0 Å². The standard InChI is InChI=1S/C15H20N4O/c1-3-6-16-14-7-11(2)4-5-13(14)15(20)17-8-12-9-18-19-10-12/h4-5,7,9-10,16H,3,6,8H2,1-2H3,(H,17,20)(H,18,19). The van der Waals surface area contributed by atoms with E-state index in [1.165, 1.54) is 0 Å². The number of hydrogen-bond donors (Lipinski definition) is 3. The van der Waals surface area contributed by atoms with E-state index in [9.17, 15) is 4.79 Å². The molecule has 0 spiro atoms. The first-order valence-electron chi connectivity index (χ1n) is 6.81. The van der Waals surface area contributed by atoms with E-state index in [1.807, 2.05) is 25.1 Å². The highest BCUT2D eigenvalue weighted by Crippen LogP contribution is 2.17. The Morgan fingerprint density at radius 1 is 1.40 bits per heavy atom. The van der Waals surface area contributed by atoms with Crippen molar-refractivity contribution in [1.82, 2.24) is 15.5 Å².